The molecule has 0 aliphatic heterocycles. The lowest BCUT2D eigenvalue weighted by atomic mass is 10.2. The number of methoxy groups -OCH3 is 1. The molecule has 10 heteroatoms. The summed E-state index contributed by atoms with van der Waals surface area (Å²) in [4.78, 5) is 12.3. The number of phenolic OH excluding ortho intramolecular Hbond substituents is 1. The van der Waals surface area contributed by atoms with E-state index >= 15 is 0 Å². The van der Waals surface area contributed by atoms with Gasteiger partial charge in [0.1, 0.15) is 11.5 Å². The highest BCUT2D eigenvalue weighted by atomic mass is 35.5. The summed E-state index contributed by atoms with van der Waals surface area (Å²) in [7, 11) is -2.62. The fourth-order valence-electron chi connectivity index (χ4n) is 2.58. The predicted molar refractivity (Wildman–Crippen MR) is 116 cm³/mol. The first kappa shape index (κ1) is 21.8. The van der Waals surface area contributed by atoms with E-state index in [1.165, 1.54) is 31.4 Å². The number of ether oxygens (including phenoxy) is 1. The summed E-state index contributed by atoms with van der Waals surface area (Å²) in [5.74, 6) is -0.616. The number of nitrogens with one attached hydrogen (secondary N) is 2. The number of aromatic hydroxyl groups is 1. The van der Waals surface area contributed by atoms with Gasteiger partial charge in [0.25, 0.3) is 15.9 Å². The standard InChI is InChI=1S/C20H16Cl2N2O5S/c1-29-19-5-3-2-4-16(19)24-30(27,28)13-7-9-18(25)17(11-13)23-20(26)14-8-6-12(21)10-15(14)22/h2-11,24-25H,1H3,(H,23,26). The van der Waals surface area contributed by atoms with Gasteiger partial charge < -0.3 is 15.2 Å². The minimum atomic E-state index is -4.04. The number of carbonyl (C=O) groups excluding carboxylic acids is 1. The fraction of sp³-hybridized carbons (Fsp3) is 0.0500. The molecule has 3 rings (SSSR count). The minimum absolute atomic E-state index is 0.103. The molecule has 0 saturated heterocycles. The molecule has 0 bridgehead atoms. The molecule has 7 nitrogen and oxygen atoms in total. The zero-order chi connectivity index (χ0) is 21.9. The van der Waals surface area contributed by atoms with Gasteiger partial charge in [-0.15, -0.1) is 0 Å². The second kappa shape index (κ2) is 8.83. The van der Waals surface area contributed by atoms with Crippen LogP contribution in [0.3, 0.4) is 0 Å². The Morgan fingerprint density at radius 1 is 1.00 bits per heavy atom. The van der Waals surface area contributed by atoms with Gasteiger partial charge in [0.2, 0.25) is 0 Å². The number of carbonyl (C=O) groups is 1. The third-order valence-corrected chi connectivity index (χ3v) is 5.96. The number of halogens is 2. The van der Waals surface area contributed by atoms with Crippen LogP contribution in [0.2, 0.25) is 10.0 Å². The van der Waals surface area contributed by atoms with Crippen LogP contribution < -0.4 is 14.8 Å². The highest BCUT2D eigenvalue weighted by Gasteiger charge is 2.20. The lowest BCUT2D eigenvalue weighted by molar-refractivity contribution is 0.102. The van der Waals surface area contributed by atoms with Crippen molar-refractivity contribution in [2.75, 3.05) is 17.1 Å². The first-order valence-electron chi connectivity index (χ1n) is 8.46. The quantitative estimate of drug-likeness (QED) is 0.454. The summed E-state index contributed by atoms with van der Waals surface area (Å²) >= 11 is 11.9. The molecule has 0 spiro atoms. The van der Waals surface area contributed by atoms with Crippen molar-refractivity contribution < 1.29 is 23.1 Å². The zero-order valence-electron chi connectivity index (χ0n) is 15.5. The van der Waals surface area contributed by atoms with E-state index in [0.717, 1.165) is 12.1 Å². The molecule has 0 fully saturated rings. The van der Waals surface area contributed by atoms with E-state index in [2.05, 4.69) is 10.0 Å². The van der Waals surface area contributed by atoms with Crippen molar-refractivity contribution in [1.29, 1.82) is 0 Å². The average molecular weight is 467 g/mol. The van der Waals surface area contributed by atoms with Crippen molar-refractivity contribution in [2.45, 2.75) is 4.90 Å². The Labute approximate surface area is 183 Å². The second-order valence-corrected chi connectivity index (χ2v) is 8.59. The van der Waals surface area contributed by atoms with Crippen LogP contribution in [0.4, 0.5) is 11.4 Å². The van der Waals surface area contributed by atoms with Crippen LogP contribution in [-0.2, 0) is 10.0 Å². The summed E-state index contributed by atoms with van der Waals surface area (Å²) < 4.78 is 33.1. The molecule has 3 aromatic carbocycles. The van der Waals surface area contributed by atoms with Crippen LogP contribution in [0.25, 0.3) is 0 Å². The van der Waals surface area contributed by atoms with E-state index in [1.807, 2.05) is 0 Å². The van der Waals surface area contributed by atoms with Gasteiger partial charge in [-0.1, -0.05) is 35.3 Å². The topological polar surface area (TPSA) is 105 Å². The van der Waals surface area contributed by atoms with Gasteiger partial charge in [0, 0.05) is 5.02 Å². The van der Waals surface area contributed by atoms with Crippen molar-refractivity contribution in [3.63, 3.8) is 0 Å². The maximum atomic E-state index is 12.8. The minimum Gasteiger partial charge on any atom is -0.506 e. The second-order valence-electron chi connectivity index (χ2n) is 6.06. The van der Waals surface area contributed by atoms with Gasteiger partial charge in [-0.05, 0) is 48.5 Å². The Kier molecular flexibility index (Phi) is 6.40. The van der Waals surface area contributed by atoms with E-state index in [-0.39, 0.29) is 32.6 Å². The molecule has 0 atom stereocenters. The lowest BCUT2D eigenvalue weighted by Gasteiger charge is -2.13. The summed E-state index contributed by atoms with van der Waals surface area (Å²) in [6.07, 6.45) is 0. The lowest BCUT2D eigenvalue weighted by Crippen LogP contribution is -2.16. The smallest absolute Gasteiger partial charge is 0.262 e. The number of sulfonamides is 1. The Morgan fingerprint density at radius 2 is 1.73 bits per heavy atom. The third-order valence-electron chi connectivity index (χ3n) is 4.05. The molecule has 30 heavy (non-hydrogen) atoms. The first-order valence-corrected chi connectivity index (χ1v) is 10.7. The number of benzene rings is 3. The van der Waals surface area contributed by atoms with Crippen LogP contribution in [0.5, 0.6) is 11.5 Å². The molecule has 1 amide bonds. The van der Waals surface area contributed by atoms with Crippen molar-refractivity contribution in [1.82, 2.24) is 0 Å². The Hall–Kier alpha value is -2.94. The normalized spacial score (nSPS) is 11.0. The Bertz CT molecular complexity index is 1220. The summed E-state index contributed by atoms with van der Waals surface area (Å²) in [6.45, 7) is 0. The van der Waals surface area contributed by atoms with Gasteiger partial charge >= 0.3 is 0 Å². The van der Waals surface area contributed by atoms with Crippen molar-refractivity contribution in [3.8, 4) is 11.5 Å². The Morgan fingerprint density at radius 3 is 2.43 bits per heavy atom. The van der Waals surface area contributed by atoms with E-state index < -0.39 is 15.9 Å². The summed E-state index contributed by atoms with van der Waals surface area (Å²) in [5.41, 5.74) is 0.251. The number of para-hydroxylation sites is 2. The van der Waals surface area contributed by atoms with Crippen molar-refractivity contribution >= 4 is 50.5 Å². The van der Waals surface area contributed by atoms with Crippen LogP contribution in [0.1, 0.15) is 10.4 Å². The molecule has 0 aromatic heterocycles. The molecule has 0 saturated carbocycles. The molecule has 0 radical (unpaired) electrons. The highest BCUT2D eigenvalue weighted by molar-refractivity contribution is 7.92. The monoisotopic (exact) mass is 466 g/mol. The number of rotatable bonds is 6. The SMILES string of the molecule is COc1ccccc1NS(=O)(=O)c1ccc(O)c(NC(=O)c2ccc(Cl)cc2Cl)c1. The molecule has 0 heterocycles. The number of phenols is 1. The highest BCUT2D eigenvalue weighted by Crippen LogP contribution is 2.31. The van der Waals surface area contributed by atoms with Crippen molar-refractivity contribution in [2.24, 2.45) is 0 Å². The Balaban J connectivity index is 1.90. The number of amides is 1. The van der Waals surface area contributed by atoms with Gasteiger partial charge in [-0.3, -0.25) is 9.52 Å². The molecule has 3 aromatic rings. The molecule has 0 aliphatic carbocycles. The molecule has 3 N–H and O–H groups in total. The molecule has 156 valence electrons. The average Bonchev–Trinajstić information content (AvgIpc) is 2.69. The maximum Gasteiger partial charge on any atom is 0.262 e. The van der Waals surface area contributed by atoms with Crippen LogP contribution in [0.15, 0.2) is 65.6 Å². The molecular formula is C20H16Cl2N2O5S. The number of hydrogen-bond donors (Lipinski definition) is 3. The number of hydrogen-bond acceptors (Lipinski definition) is 5. The molecular weight excluding hydrogens is 451 g/mol. The third kappa shape index (κ3) is 4.79. The van der Waals surface area contributed by atoms with E-state index in [4.69, 9.17) is 27.9 Å². The molecule has 0 unspecified atom stereocenters. The van der Waals surface area contributed by atoms with Crippen LogP contribution in [0, 0.1) is 0 Å². The summed E-state index contributed by atoms with van der Waals surface area (Å²) in [6, 6.07) is 14.3. The van der Waals surface area contributed by atoms with Gasteiger partial charge in [-0.2, -0.15) is 0 Å². The fourth-order valence-corrected chi connectivity index (χ4v) is 4.17. The van der Waals surface area contributed by atoms with E-state index in [1.54, 1.807) is 24.3 Å². The van der Waals surface area contributed by atoms with Gasteiger partial charge in [0.15, 0.2) is 0 Å². The zero-order valence-corrected chi connectivity index (χ0v) is 17.8. The predicted octanol–water partition coefficient (Wildman–Crippen LogP) is 4.76. The van der Waals surface area contributed by atoms with E-state index in [0.29, 0.717) is 10.8 Å². The summed E-state index contributed by atoms with van der Waals surface area (Å²) in [5, 5.41) is 13.0. The first-order chi connectivity index (χ1) is 14.2. The van der Waals surface area contributed by atoms with Gasteiger partial charge in [-0.25, -0.2) is 8.42 Å². The maximum absolute atomic E-state index is 12.8. The van der Waals surface area contributed by atoms with E-state index in [9.17, 15) is 18.3 Å². The van der Waals surface area contributed by atoms with Crippen LogP contribution in [-0.4, -0.2) is 26.5 Å². The largest absolute Gasteiger partial charge is 0.506 e. The number of anilines is 2. The van der Waals surface area contributed by atoms with Gasteiger partial charge in [0.05, 0.1) is 34.0 Å². The van der Waals surface area contributed by atoms with Crippen molar-refractivity contribution in [3.05, 3.63) is 76.3 Å². The molecule has 0 aliphatic rings. The van der Waals surface area contributed by atoms with Crippen LogP contribution >= 0.6 is 23.2 Å².